The molecule has 1 amide bonds. The number of aromatic hydroxyl groups is 2. The van der Waals surface area contributed by atoms with Crippen molar-refractivity contribution in [2.45, 2.75) is 19.8 Å². The minimum atomic E-state index is -0.614. The molecule has 0 saturated heterocycles. The van der Waals surface area contributed by atoms with Crippen LogP contribution in [0.4, 0.5) is 5.69 Å². The topological polar surface area (TPSA) is 74.5 Å². The minimum Gasteiger partial charge on any atom is -0.505 e. The minimum absolute atomic E-state index is 0.199. The van der Waals surface area contributed by atoms with Crippen LogP contribution in [0.25, 0.3) is 5.69 Å². The lowest BCUT2D eigenvalue weighted by molar-refractivity contribution is 0.102. The van der Waals surface area contributed by atoms with Gasteiger partial charge in [0.25, 0.3) is 5.91 Å². The molecule has 3 aromatic rings. The summed E-state index contributed by atoms with van der Waals surface area (Å²) in [6.45, 7) is 4.03. The van der Waals surface area contributed by atoms with Gasteiger partial charge >= 0.3 is 0 Å². The number of nitrogens with one attached hydrogen (secondary N) is 1. The molecule has 0 atom stereocenters. The van der Waals surface area contributed by atoms with Crippen LogP contribution in [-0.4, -0.2) is 20.7 Å². The summed E-state index contributed by atoms with van der Waals surface area (Å²) < 4.78 is 1.26. The Morgan fingerprint density at radius 3 is 2.44 bits per heavy atom. The summed E-state index contributed by atoms with van der Waals surface area (Å²) in [6, 6.07) is 12.1. The third-order valence-electron chi connectivity index (χ3n) is 4.20. The summed E-state index contributed by atoms with van der Waals surface area (Å²) in [5, 5.41) is 24.1. The zero-order chi connectivity index (χ0) is 19.7. The van der Waals surface area contributed by atoms with E-state index in [2.05, 4.69) is 5.32 Å². The molecule has 0 aliphatic carbocycles. The van der Waals surface area contributed by atoms with Crippen LogP contribution in [0.3, 0.4) is 0 Å². The van der Waals surface area contributed by atoms with Gasteiger partial charge in [-0.3, -0.25) is 9.36 Å². The lowest BCUT2D eigenvalue weighted by Gasteiger charge is -2.13. The number of amides is 1. The van der Waals surface area contributed by atoms with E-state index in [0.717, 1.165) is 5.56 Å². The molecule has 7 heteroatoms. The van der Waals surface area contributed by atoms with Crippen molar-refractivity contribution in [1.82, 2.24) is 4.57 Å². The second kappa shape index (κ2) is 7.55. The molecule has 0 aliphatic heterocycles. The summed E-state index contributed by atoms with van der Waals surface area (Å²) in [5.74, 6) is -1.16. The van der Waals surface area contributed by atoms with E-state index < -0.39 is 11.8 Å². The molecule has 1 aromatic heterocycles. The number of aromatic nitrogens is 1. The van der Waals surface area contributed by atoms with Crippen molar-refractivity contribution in [1.29, 1.82) is 0 Å². The third kappa shape index (κ3) is 3.75. The average Bonchev–Trinajstić information content (AvgIpc) is 2.92. The normalized spacial score (nSPS) is 11.0. The van der Waals surface area contributed by atoms with Crippen molar-refractivity contribution in [2.75, 3.05) is 5.32 Å². The summed E-state index contributed by atoms with van der Waals surface area (Å²) in [5.41, 5.74) is 1.81. The molecule has 5 nitrogen and oxygen atoms in total. The molecular weight excluding hydrogens is 387 g/mol. The molecule has 3 rings (SSSR count). The Kier molecular flexibility index (Phi) is 5.35. The fraction of sp³-hybridized carbons (Fsp3) is 0.150. The van der Waals surface area contributed by atoms with E-state index in [9.17, 15) is 15.0 Å². The van der Waals surface area contributed by atoms with Crippen LogP contribution in [0.1, 0.15) is 35.7 Å². The van der Waals surface area contributed by atoms with Gasteiger partial charge < -0.3 is 15.5 Å². The van der Waals surface area contributed by atoms with Crippen LogP contribution in [0.15, 0.2) is 48.7 Å². The van der Waals surface area contributed by atoms with Crippen molar-refractivity contribution in [2.24, 2.45) is 0 Å². The van der Waals surface area contributed by atoms with E-state index in [4.69, 9.17) is 23.2 Å². The second-order valence-electron chi connectivity index (χ2n) is 6.38. The second-order valence-corrected chi connectivity index (χ2v) is 7.19. The molecule has 0 spiro atoms. The third-order valence-corrected chi connectivity index (χ3v) is 4.94. The summed E-state index contributed by atoms with van der Waals surface area (Å²) in [4.78, 5) is 12.7. The molecule has 0 saturated carbocycles. The number of benzene rings is 2. The number of carbonyl (C=O) groups excluding carboxylic acids is 1. The van der Waals surface area contributed by atoms with Gasteiger partial charge in [-0.15, -0.1) is 0 Å². The monoisotopic (exact) mass is 404 g/mol. The smallest absolute Gasteiger partial charge is 0.264 e. The van der Waals surface area contributed by atoms with Gasteiger partial charge in [0.2, 0.25) is 5.88 Å². The Morgan fingerprint density at radius 1 is 1.07 bits per heavy atom. The van der Waals surface area contributed by atoms with Crippen LogP contribution < -0.4 is 5.32 Å². The van der Waals surface area contributed by atoms with Gasteiger partial charge in [-0.1, -0.05) is 55.2 Å². The highest BCUT2D eigenvalue weighted by Crippen LogP contribution is 2.35. The lowest BCUT2D eigenvalue weighted by Crippen LogP contribution is -2.13. The molecular formula is C20H18Cl2N2O3. The fourth-order valence-corrected chi connectivity index (χ4v) is 3.12. The predicted octanol–water partition coefficient (Wildman–Crippen LogP) is 5.57. The van der Waals surface area contributed by atoms with E-state index in [1.807, 2.05) is 32.0 Å². The zero-order valence-corrected chi connectivity index (χ0v) is 16.2. The van der Waals surface area contributed by atoms with Gasteiger partial charge in [-0.2, -0.15) is 0 Å². The number of para-hydroxylation sites is 1. The van der Waals surface area contributed by atoms with Crippen molar-refractivity contribution in [3.8, 4) is 17.3 Å². The molecule has 0 radical (unpaired) electrons. The molecule has 140 valence electrons. The summed E-state index contributed by atoms with van der Waals surface area (Å²) in [6.07, 6.45) is 1.25. The SMILES string of the molecule is CC(C)c1ccccc1NC(=O)c1c(O)cn(-c2ccc(Cl)c(Cl)c2)c1O. The largest absolute Gasteiger partial charge is 0.505 e. The van der Waals surface area contributed by atoms with Gasteiger partial charge in [0, 0.05) is 5.69 Å². The van der Waals surface area contributed by atoms with E-state index in [0.29, 0.717) is 21.4 Å². The number of rotatable bonds is 4. The van der Waals surface area contributed by atoms with Gasteiger partial charge in [0.15, 0.2) is 0 Å². The van der Waals surface area contributed by atoms with Crippen molar-refractivity contribution in [3.05, 3.63) is 69.8 Å². The number of nitrogens with zero attached hydrogens (tertiary/aromatic N) is 1. The number of carbonyl (C=O) groups is 1. The van der Waals surface area contributed by atoms with Crippen LogP contribution in [0, 0.1) is 0 Å². The average molecular weight is 405 g/mol. The molecule has 0 bridgehead atoms. The predicted molar refractivity (Wildman–Crippen MR) is 108 cm³/mol. The summed E-state index contributed by atoms with van der Waals surface area (Å²) in [7, 11) is 0. The van der Waals surface area contributed by atoms with Crippen LogP contribution >= 0.6 is 23.2 Å². The van der Waals surface area contributed by atoms with Crippen LogP contribution in [-0.2, 0) is 0 Å². The number of hydrogen-bond acceptors (Lipinski definition) is 3. The standard InChI is InChI=1S/C20H18Cl2N2O3/c1-11(2)13-5-3-4-6-16(13)23-19(26)18-17(25)10-24(20(18)27)12-7-8-14(21)15(22)9-12/h3-11,25,27H,1-2H3,(H,23,26). The number of hydrogen-bond donors (Lipinski definition) is 3. The van der Waals surface area contributed by atoms with Gasteiger partial charge in [0.1, 0.15) is 11.3 Å². The highest BCUT2D eigenvalue weighted by atomic mass is 35.5. The first-order chi connectivity index (χ1) is 12.8. The first-order valence-electron chi connectivity index (χ1n) is 8.28. The summed E-state index contributed by atoms with van der Waals surface area (Å²) >= 11 is 11.9. The molecule has 2 aromatic carbocycles. The Balaban J connectivity index is 1.97. The van der Waals surface area contributed by atoms with E-state index in [1.165, 1.54) is 16.8 Å². The van der Waals surface area contributed by atoms with Crippen LogP contribution in [0.5, 0.6) is 11.6 Å². The van der Waals surface area contributed by atoms with Gasteiger partial charge in [-0.25, -0.2) is 0 Å². The molecule has 0 fully saturated rings. The highest BCUT2D eigenvalue weighted by molar-refractivity contribution is 6.42. The van der Waals surface area contributed by atoms with Crippen molar-refractivity contribution < 1.29 is 15.0 Å². The Hall–Kier alpha value is -2.63. The van der Waals surface area contributed by atoms with Gasteiger partial charge in [-0.05, 0) is 35.7 Å². The van der Waals surface area contributed by atoms with E-state index in [-0.39, 0.29) is 17.2 Å². The fourth-order valence-electron chi connectivity index (χ4n) is 2.83. The molecule has 27 heavy (non-hydrogen) atoms. The molecule has 1 heterocycles. The Morgan fingerprint density at radius 2 is 1.78 bits per heavy atom. The molecule has 0 aliphatic rings. The quantitative estimate of drug-likeness (QED) is 0.531. The number of halogens is 2. The van der Waals surface area contributed by atoms with Crippen LogP contribution in [0.2, 0.25) is 10.0 Å². The maximum Gasteiger partial charge on any atom is 0.264 e. The highest BCUT2D eigenvalue weighted by Gasteiger charge is 2.23. The lowest BCUT2D eigenvalue weighted by atomic mass is 10.0. The Labute approximate surface area is 166 Å². The van der Waals surface area contributed by atoms with Crippen molar-refractivity contribution >= 4 is 34.8 Å². The number of anilines is 1. The maximum absolute atomic E-state index is 12.7. The zero-order valence-electron chi connectivity index (χ0n) is 14.7. The maximum atomic E-state index is 12.7. The molecule has 3 N–H and O–H groups in total. The van der Waals surface area contributed by atoms with E-state index >= 15 is 0 Å². The van der Waals surface area contributed by atoms with Gasteiger partial charge in [0.05, 0.1) is 21.9 Å². The first kappa shape index (κ1) is 19.1. The van der Waals surface area contributed by atoms with Crippen molar-refractivity contribution in [3.63, 3.8) is 0 Å². The Bertz CT molecular complexity index is 1010. The first-order valence-corrected chi connectivity index (χ1v) is 9.04. The van der Waals surface area contributed by atoms with E-state index in [1.54, 1.807) is 18.2 Å². The molecule has 0 unspecified atom stereocenters.